The second-order valence-electron chi connectivity index (χ2n) is 7.43. The highest BCUT2D eigenvalue weighted by Crippen LogP contribution is 2.37. The van der Waals surface area contributed by atoms with Crippen LogP contribution in [-0.4, -0.2) is 18.9 Å². The molecule has 0 saturated carbocycles. The third kappa shape index (κ3) is 5.22. The average molecular weight is 380 g/mol. The molecule has 4 nitrogen and oxygen atoms in total. The molecular weight excluding hydrogens is 352 g/mol. The van der Waals surface area contributed by atoms with Crippen LogP contribution in [0.15, 0.2) is 36.4 Å². The number of fused-ring (bicyclic) bond motifs is 3. The van der Waals surface area contributed by atoms with Crippen LogP contribution >= 0.6 is 0 Å². The average Bonchev–Trinajstić information content (AvgIpc) is 2.69. The molecule has 1 aliphatic carbocycles. The fourth-order valence-corrected chi connectivity index (χ4v) is 3.72. The molecular formula is C24H28O4. The molecule has 0 aromatic heterocycles. The summed E-state index contributed by atoms with van der Waals surface area (Å²) in [7, 11) is 1.69. The number of carbonyl (C=O) groups excluding carboxylic acids is 2. The van der Waals surface area contributed by atoms with Gasteiger partial charge in [-0.1, -0.05) is 25.0 Å². The van der Waals surface area contributed by atoms with Gasteiger partial charge in [-0.05, 0) is 79.1 Å². The quantitative estimate of drug-likeness (QED) is 0.337. The summed E-state index contributed by atoms with van der Waals surface area (Å²) >= 11 is 0. The summed E-state index contributed by atoms with van der Waals surface area (Å²) < 4.78 is 10.9. The van der Waals surface area contributed by atoms with E-state index in [1.54, 1.807) is 14.0 Å². The second-order valence-corrected chi connectivity index (χ2v) is 7.43. The van der Waals surface area contributed by atoms with Crippen molar-refractivity contribution in [2.75, 3.05) is 7.11 Å². The molecule has 4 heteroatoms. The lowest BCUT2D eigenvalue weighted by Crippen LogP contribution is -2.09. The van der Waals surface area contributed by atoms with E-state index in [2.05, 4.69) is 12.1 Å². The summed E-state index contributed by atoms with van der Waals surface area (Å²) in [5, 5.41) is 0. The van der Waals surface area contributed by atoms with Crippen LogP contribution in [0, 0.1) is 0 Å². The Morgan fingerprint density at radius 2 is 1.39 bits per heavy atom. The van der Waals surface area contributed by atoms with Crippen molar-refractivity contribution in [2.24, 2.45) is 0 Å². The van der Waals surface area contributed by atoms with E-state index >= 15 is 0 Å². The molecule has 2 aromatic carbocycles. The van der Waals surface area contributed by atoms with Crippen LogP contribution in [0.25, 0.3) is 11.1 Å². The molecule has 28 heavy (non-hydrogen) atoms. The Labute approximate surface area is 166 Å². The van der Waals surface area contributed by atoms with Crippen LogP contribution in [0.4, 0.5) is 0 Å². The maximum Gasteiger partial charge on any atom is 0.311 e. The maximum absolute atomic E-state index is 12.1. The highest BCUT2D eigenvalue weighted by atomic mass is 16.5. The molecule has 3 rings (SSSR count). The lowest BCUT2D eigenvalue weighted by molar-refractivity contribution is -0.134. The van der Waals surface area contributed by atoms with Crippen molar-refractivity contribution < 1.29 is 19.1 Å². The van der Waals surface area contributed by atoms with E-state index in [0.29, 0.717) is 18.6 Å². The van der Waals surface area contributed by atoms with E-state index in [1.807, 2.05) is 24.3 Å². The van der Waals surface area contributed by atoms with Crippen LogP contribution in [-0.2, 0) is 22.4 Å². The number of benzene rings is 2. The van der Waals surface area contributed by atoms with Crippen LogP contribution < -0.4 is 9.47 Å². The zero-order valence-electron chi connectivity index (χ0n) is 16.8. The predicted octanol–water partition coefficient (Wildman–Crippen LogP) is 5.30. The molecule has 148 valence electrons. The van der Waals surface area contributed by atoms with Gasteiger partial charge in [-0.15, -0.1) is 0 Å². The van der Waals surface area contributed by atoms with Gasteiger partial charge in [0.15, 0.2) is 0 Å². The Bertz CT molecular complexity index is 854. The molecule has 0 N–H and O–H groups in total. The van der Waals surface area contributed by atoms with Gasteiger partial charge in [-0.3, -0.25) is 4.79 Å². The normalized spacial score (nSPS) is 12.1. The van der Waals surface area contributed by atoms with Gasteiger partial charge in [-0.25, -0.2) is 0 Å². The molecule has 0 fully saturated rings. The molecule has 0 saturated heterocycles. The summed E-state index contributed by atoms with van der Waals surface area (Å²) in [5.74, 6) is 1.55. The molecule has 0 unspecified atom stereocenters. The highest BCUT2D eigenvalue weighted by Gasteiger charge is 2.18. The van der Waals surface area contributed by atoms with Gasteiger partial charge >= 0.3 is 5.97 Å². The van der Waals surface area contributed by atoms with E-state index in [4.69, 9.17) is 9.47 Å². The Hall–Kier alpha value is -2.62. The lowest BCUT2D eigenvalue weighted by atomic mass is 9.85. The number of rotatable bonds is 9. The zero-order valence-corrected chi connectivity index (χ0v) is 16.8. The second kappa shape index (κ2) is 9.54. The summed E-state index contributed by atoms with van der Waals surface area (Å²) in [6.45, 7) is 1.62. The molecule has 0 spiro atoms. The number of ketones is 1. The number of hydrogen-bond donors (Lipinski definition) is 0. The number of Topliss-reactive ketones (excluding diaryl/α,β-unsaturated/α-hetero) is 1. The van der Waals surface area contributed by atoms with Gasteiger partial charge < -0.3 is 14.3 Å². The third-order valence-corrected chi connectivity index (χ3v) is 5.23. The Morgan fingerprint density at radius 3 is 2.00 bits per heavy atom. The molecule has 0 bridgehead atoms. The standard InChI is InChI=1S/C24H28O4/c1-17(25)7-5-3-4-6-8-24(26)28-21-12-14-23-19(16-21)10-9-18-15-20(27-2)11-13-22(18)23/h11-16H,3-10H2,1-2H3. The van der Waals surface area contributed by atoms with E-state index < -0.39 is 0 Å². The number of methoxy groups -OCH3 is 1. The van der Waals surface area contributed by atoms with Crippen LogP contribution in [0.2, 0.25) is 0 Å². The fraction of sp³-hybridized carbons (Fsp3) is 0.417. The van der Waals surface area contributed by atoms with Crippen molar-refractivity contribution in [3.8, 4) is 22.6 Å². The minimum Gasteiger partial charge on any atom is -0.497 e. The van der Waals surface area contributed by atoms with E-state index in [0.717, 1.165) is 44.3 Å². The maximum atomic E-state index is 12.1. The summed E-state index contributed by atoms with van der Waals surface area (Å²) in [4.78, 5) is 23.0. The zero-order chi connectivity index (χ0) is 19.9. The van der Waals surface area contributed by atoms with Gasteiger partial charge in [0.25, 0.3) is 0 Å². The number of aryl methyl sites for hydroxylation is 2. The molecule has 0 heterocycles. The largest absolute Gasteiger partial charge is 0.497 e. The topological polar surface area (TPSA) is 52.6 Å². The van der Waals surface area contributed by atoms with Crippen LogP contribution in [0.3, 0.4) is 0 Å². The molecule has 2 aromatic rings. The smallest absolute Gasteiger partial charge is 0.311 e. The molecule has 0 amide bonds. The molecule has 0 atom stereocenters. The van der Waals surface area contributed by atoms with Crippen molar-refractivity contribution in [1.29, 1.82) is 0 Å². The van der Waals surface area contributed by atoms with E-state index in [9.17, 15) is 9.59 Å². The minimum absolute atomic E-state index is 0.188. The Kier molecular flexibility index (Phi) is 6.85. The van der Waals surface area contributed by atoms with Gasteiger partial charge in [0.2, 0.25) is 0 Å². The predicted molar refractivity (Wildman–Crippen MR) is 110 cm³/mol. The molecule has 0 radical (unpaired) electrons. The number of hydrogen-bond acceptors (Lipinski definition) is 4. The molecule has 1 aliphatic rings. The van der Waals surface area contributed by atoms with Crippen molar-refractivity contribution >= 4 is 11.8 Å². The number of esters is 1. The van der Waals surface area contributed by atoms with Crippen molar-refractivity contribution in [3.05, 3.63) is 47.5 Å². The lowest BCUT2D eigenvalue weighted by Gasteiger charge is -2.21. The SMILES string of the molecule is COc1ccc2c(c1)CCc1cc(OC(=O)CCCCCCC(C)=O)ccc1-2. The number of unbranched alkanes of at least 4 members (excludes halogenated alkanes) is 3. The van der Waals surface area contributed by atoms with Gasteiger partial charge in [0, 0.05) is 12.8 Å². The monoisotopic (exact) mass is 380 g/mol. The summed E-state index contributed by atoms with van der Waals surface area (Å²) in [6, 6.07) is 12.1. The van der Waals surface area contributed by atoms with E-state index in [-0.39, 0.29) is 11.8 Å². The van der Waals surface area contributed by atoms with Crippen LogP contribution in [0.1, 0.15) is 56.6 Å². The molecule has 0 aliphatic heterocycles. The van der Waals surface area contributed by atoms with Gasteiger partial charge in [-0.2, -0.15) is 0 Å². The highest BCUT2D eigenvalue weighted by molar-refractivity contribution is 5.76. The van der Waals surface area contributed by atoms with Crippen molar-refractivity contribution in [2.45, 2.75) is 58.3 Å². The number of ether oxygens (including phenoxy) is 2. The van der Waals surface area contributed by atoms with E-state index in [1.165, 1.54) is 22.3 Å². The fourth-order valence-electron chi connectivity index (χ4n) is 3.72. The van der Waals surface area contributed by atoms with Crippen molar-refractivity contribution in [3.63, 3.8) is 0 Å². The third-order valence-electron chi connectivity index (χ3n) is 5.23. The summed E-state index contributed by atoms with van der Waals surface area (Å²) in [6.07, 6.45) is 6.58. The van der Waals surface area contributed by atoms with Gasteiger partial charge in [0.1, 0.15) is 17.3 Å². The summed E-state index contributed by atoms with van der Waals surface area (Å²) in [5.41, 5.74) is 4.94. The first kappa shape index (κ1) is 20.1. The minimum atomic E-state index is -0.188. The van der Waals surface area contributed by atoms with Gasteiger partial charge in [0.05, 0.1) is 7.11 Å². The van der Waals surface area contributed by atoms with Crippen molar-refractivity contribution in [1.82, 2.24) is 0 Å². The first-order valence-corrected chi connectivity index (χ1v) is 10.1. The first-order valence-electron chi connectivity index (χ1n) is 10.1. The number of carbonyl (C=O) groups is 2. The van der Waals surface area contributed by atoms with Crippen LogP contribution in [0.5, 0.6) is 11.5 Å². The first-order chi connectivity index (χ1) is 13.6. The Morgan fingerprint density at radius 1 is 0.821 bits per heavy atom. The Balaban J connectivity index is 1.54.